The van der Waals surface area contributed by atoms with Crippen molar-refractivity contribution in [1.82, 2.24) is 4.72 Å². The van der Waals surface area contributed by atoms with Crippen molar-refractivity contribution in [2.75, 3.05) is 6.26 Å². The second-order valence-corrected chi connectivity index (χ2v) is 13.1. The fourth-order valence-corrected chi connectivity index (χ4v) is 9.47. The second kappa shape index (κ2) is 5.81. The summed E-state index contributed by atoms with van der Waals surface area (Å²) in [4.78, 5) is 24.4. The number of sulfonamides is 1. The SMILES string of the molecule is C[C@]12CCC(=O)C=C1C[C@@H](NS(C)(=O)=O)C1C3CC[C@@]4(CCC(=O)O4)[C@@]3(C)C[C@@H]3O[C@@]132. The third kappa shape index (κ3) is 2.39. The Morgan fingerprint density at radius 1 is 1.13 bits per heavy atom. The van der Waals surface area contributed by atoms with Crippen molar-refractivity contribution in [3.8, 4) is 0 Å². The molecule has 0 aromatic carbocycles. The van der Waals surface area contributed by atoms with E-state index in [-0.39, 0.29) is 46.6 Å². The van der Waals surface area contributed by atoms with E-state index in [0.29, 0.717) is 19.3 Å². The van der Waals surface area contributed by atoms with E-state index in [2.05, 4.69) is 18.6 Å². The van der Waals surface area contributed by atoms with Crippen molar-refractivity contribution in [1.29, 1.82) is 0 Å². The van der Waals surface area contributed by atoms with Crippen LogP contribution in [-0.4, -0.2) is 49.8 Å². The van der Waals surface area contributed by atoms with Crippen LogP contribution in [0.3, 0.4) is 0 Å². The number of epoxide rings is 1. The first-order valence-corrected chi connectivity index (χ1v) is 13.4. The molecule has 170 valence electrons. The monoisotopic (exact) mass is 449 g/mol. The molecule has 6 aliphatic rings. The molecule has 0 radical (unpaired) electrons. The number of nitrogens with one attached hydrogen (secondary N) is 1. The minimum atomic E-state index is -3.44. The maximum absolute atomic E-state index is 12.4. The average molecular weight is 450 g/mol. The summed E-state index contributed by atoms with van der Waals surface area (Å²) in [6.07, 6.45) is 8.53. The molecule has 0 bridgehead atoms. The Bertz CT molecular complexity index is 1040. The summed E-state index contributed by atoms with van der Waals surface area (Å²) < 4.78 is 40.3. The van der Waals surface area contributed by atoms with Crippen molar-refractivity contribution >= 4 is 21.8 Å². The zero-order valence-corrected chi connectivity index (χ0v) is 19.2. The lowest BCUT2D eigenvalue weighted by atomic mass is 9.45. The third-order valence-electron chi connectivity index (χ3n) is 10.1. The van der Waals surface area contributed by atoms with E-state index in [4.69, 9.17) is 9.47 Å². The van der Waals surface area contributed by atoms with Crippen molar-refractivity contribution in [2.45, 2.75) is 88.6 Å². The highest BCUT2D eigenvalue weighted by atomic mass is 32.2. The molecular weight excluding hydrogens is 418 g/mol. The van der Waals surface area contributed by atoms with Gasteiger partial charge in [-0.1, -0.05) is 19.4 Å². The molecule has 31 heavy (non-hydrogen) atoms. The quantitative estimate of drug-likeness (QED) is 0.512. The molecule has 8 heteroatoms. The standard InChI is InChI=1S/C23H31NO6S/c1-20-7-4-14(25)10-13(20)11-16(24-31(3,27)28)19-15-5-8-22(9-6-18(26)30-22)21(15,2)12-17-23(19,20)29-17/h10,15-17,19,24H,4-9,11-12H2,1-3H3/t15?,16-,17+,19?,20+,21+,22-,23-/m1/s1. The maximum atomic E-state index is 12.4. The highest BCUT2D eigenvalue weighted by Crippen LogP contribution is 2.77. The molecule has 1 N–H and O–H groups in total. The van der Waals surface area contributed by atoms with Crippen molar-refractivity contribution < 1.29 is 27.5 Å². The highest BCUT2D eigenvalue weighted by molar-refractivity contribution is 7.88. The molecule has 3 saturated carbocycles. The average Bonchev–Trinajstić information content (AvgIpc) is 3.14. The van der Waals surface area contributed by atoms with Crippen LogP contribution in [0.2, 0.25) is 0 Å². The summed E-state index contributed by atoms with van der Waals surface area (Å²) in [5, 5.41) is 0. The van der Waals surface area contributed by atoms with Crippen LogP contribution in [0.4, 0.5) is 0 Å². The molecule has 6 rings (SSSR count). The molecule has 0 aromatic heterocycles. The number of hydrogen-bond donors (Lipinski definition) is 1. The maximum Gasteiger partial charge on any atom is 0.306 e. The Labute approximate surface area is 183 Å². The van der Waals surface area contributed by atoms with Gasteiger partial charge >= 0.3 is 5.97 Å². The van der Waals surface area contributed by atoms with Crippen LogP contribution in [0.5, 0.6) is 0 Å². The normalized spacial score (nSPS) is 52.7. The highest BCUT2D eigenvalue weighted by Gasteiger charge is 2.83. The predicted molar refractivity (Wildman–Crippen MR) is 111 cm³/mol. The number of rotatable bonds is 2. The zero-order chi connectivity index (χ0) is 22.0. The Kier molecular flexibility index (Phi) is 3.81. The molecule has 2 heterocycles. The minimum Gasteiger partial charge on any atom is -0.458 e. The van der Waals surface area contributed by atoms with Gasteiger partial charge in [-0.05, 0) is 50.5 Å². The third-order valence-corrected chi connectivity index (χ3v) is 10.8. The van der Waals surface area contributed by atoms with Crippen molar-refractivity contribution in [3.05, 3.63) is 11.6 Å². The number of esters is 1. The topological polar surface area (TPSA) is 102 Å². The first-order valence-electron chi connectivity index (χ1n) is 11.6. The number of hydrogen-bond acceptors (Lipinski definition) is 6. The second-order valence-electron chi connectivity index (χ2n) is 11.3. The summed E-state index contributed by atoms with van der Waals surface area (Å²) in [7, 11) is -3.44. The lowest BCUT2D eigenvalue weighted by molar-refractivity contribution is -0.164. The van der Waals surface area contributed by atoms with Crippen LogP contribution in [0, 0.1) is 22.7 Å². The Morgan fingerprint density at radius 3 is 2.58 bits per heavy atom. The van der Waals surface area contributed by atoms with Gasteiger partial charge in [-0.25, -0.2) is 13.1 Å². The van der Waals surface area contributed by atoms with Crippen LogP contribution < -0.4 is 4.72 Å². The summed E-state index contributed by atoms with van der Waals surface area (Å²) >= 11 is 0. The van der Waals surface area contributed by atoms with Crippen LogP contribution in [0.25, 0.3) is 0 Å². The largest absolute Gasteiger partial charge is 0.458 e. The number of fused-ring (bicyclic) bond motifs is 4. The Morgan fingerprint density at radius 2 is 1.90 bits per heavy atom. The lowest BCUT2D eigenvalue weighted by Crippen LogP contribution is -2.66. The van der Waals surface area contributed by atoms with Crippen LogP contribution in [-0.2, 0) is 29.1 Å². The van der Waals surface area contributed by atoms with Gasteiger partial charge in [0.1, 0.15) is 11.2 Å². The summed E-state index contributed by atoms with van der Waals surface area (Å²) in [6.45, 7) is 4.46. The molecule has 2 unspecified atom stereocenters. The fourth-order valence-electron chi connectivity index (χ4n) is 8.69. The van der Waals surface area contributed by atoms with E-state index in [0.717, 1.165) is 37.7 Å². The van der Waals surface area contributed by atoms with Gasteiger partial charge in [0.2, 0.25) is 10.0 Å². The summed E-state index contributed by atoms with van der Waals surface area (Å²) in [6, 6.07) is -0.317. The minimum absolute atomic E-state index is 0.00000378. The molecule has 0 amide bonds. The first kappa shape index (κ1) is 20.4. The molecule has 0 aromatic rings. The molecule has 2 saturated heterocycles. The number of carbonyl (C=O) groups excluding carboxylic acids is 2. The first-order chi connectivity index (χ1) is 14.4. The summed E-state index contributed by atoms with van der Waals surface area (Å²) in [5.74, 6) is 0.205. The van der Waals surface area contributed by atoms with Gasteiger partial charge < -0.3 is 9.47 Å². The van der Waals surface area contributed by atoms with Gasteiger partial charge in [0.25, 0.3) is 0 Å². The molecule has 4 aliphatic carbocycles. The van der Waals surface area contributed by atoms with Gasteiger partial charge in [-0.2, -0.15) is 0 Å². The van der Waals surface area contributed by atoms with Gasteiger partial charge in [-0.15, -0.1) is 0 Å². The van der Waals surface area contributed by atoms with Crippen LogP contribution >= 0.6 is 0 Å². The van der Waals surface area contributed by atoms with Gasteiger partial charge in [0.05, 0.1) is 12.4 Å². The fraction of sp³-hybridized carbons (Fsp3) is 0.826. The molecule has 5 fully saturated rings. The van der Waals surface area contributed by atoms with E-state index >= 15 is 0 Å². The number of carbonyl (C=O) groups is 2. The Hall–Kier alpha value is -1.25. The number of ether oxygens (including phenoxy) is 2. The van der Waals surface area contributed by atoms with Gasteiger partial charge in [0.15, 0.2) is 5.78 Å². The molecule has 8 atom stereocenters. The smallest absolute Gasteiger partial charge is 0.306 e. The van der Waals surface area contributed by atoms with E-state index in [9.17, 15) is 18.0 Å². The van der Waals surface area contributed by atoms with E-state index in [1.54, 1.807) is 6.08 Å². The van der Waals surface area contributed by atoms with Crippen molar-refractivity contribution in [3.63, 3.8) is 0 Å². The van der Waals surface area contributed by atoms with E-state index in [1.165, 1.54) is 6.26 Å². The lowest BCUT2D eigenvalue weighted by Gasteiger charge is -2.59. The molecule has 2 spiro atoms. The zero-order valence-electron chi connectivity index (χ0n) is 18.4. The predicted octanol–water partition coefficient (Wildman–Crippen LogP) is 2.25. The molecule has 2 aliphatic heterocycles. The van der Waals surface area contributed by atoms with E-state index < -0.39 is 21.2 Å². The molecule has 7 nitrogen and oxygen atoms in total. The van der Waals surface area contributed by atoms with Gasteiger partial charge in [-0.3, -0.25) is 9.59 Å². The number of ketones is 1. The van der Waals surface area contributed by atoms with Crippen LogP contribution in [0.15, 0.2) is 11.6 Å². The van der Waals surface area contributed by atoms with Gasteiger partial charge in [0, 0.05) is 35.6 Å². The van der Waals surface area contributed by atoms with Crippen molar-refractivity contribution in [2.24, 2.45) is 22.7 Å². The molecular formula is C23H31NO6S. The van der Waals surface area contributed by atoms with E-state index in [1.807, 2.05) is 0 Å². The summed E-state index contributed by atoms with van der Waals surface area (Å²) in [5.41, 5.74) is -0.351. The Balaban J connectivity index is 1.48. The van der Waals surface area contributed by atoms with Crippen LogP contribution in [0.1, 0.15) is 65.2 Å².